The molecule has 300 valence electrons. The largest absolute Gasteiger partial charge is 0.309 e. The van der Waals surface area contributed by atoms with Gasteiger partial charge in [0.2, 0.25) is 0 Å². The van der Waals surface area contributed by atoms with Crippen LogP contribution in [0.3, 0.4) is 0 Å². The second-order valence-corrected chi connectivity index (χ2v) is 17.6. The van der Waals surface area contributed by atoms with Gasteiger partial charge in [0.15, 0.2) is 5.82 Å². The van der Waals surface area contributed by atoms with Gasteiger partial charge in [0.25, 0.3) is 0 Å². The lowest BCUT2D eigenvalue weighted by molar-refractivity contribution is 0.636. The van der Waals surface area contributed by atoms with E-state index in [1.807, 2.05) is 18.3 Å². The van der Waals surface area contributed by atoms with Gasteiger partial charge < -0.3 is 4.57 Å². The summed E-state index contributed by atoms with van der Waals surface area (Å²) < 4.78 is 2.47. The summed E-state index contributed by atoms with van der Waals surface area (Å²) in [4.78, 5) is 16.2. The van der Waals surface area contributed by atoms with Crippen molar-refractivity contribution in [3.8, 4) is 61.8 Å². The molecule has 3 heterocycles. The van der Waals surface area contributed by atoms with Crippen LogP contribution in [0.25, 0.3) is 116 Å². The summed E-state index contributed by atoms with van der Waals surface area (Å²) in [5.74, 6) is 0.689. The third-order valence-corrected chi connectivity index (χ3v) is 13.6. The number of hydrogen-bond donors (Lipinski definition) is 0. The summed E-state index contributed by atoms with van der Waals surface area (Å²) in [7, 11) is 0. The Bertz CT molecular complexity index is 3760. The van der Waals surface area contributed by atoms with Gasteiger partial charge in [-0.15, -0.1) is 0 Å². The Morgan fingerprint density at radius 2 is 0.984 bits per heavy atom. The summed E-state index contributed by atoms with van der Waals surface area (Å²) >= 11 is 0. The Morgan fingerprint density at radius 1 is 0.422 bits per heavy atom. The van der Waals surface area contributed by atoms with Gasteiger partial charge in [-0.1, -0.05) is 159 Å². The molecule has 0 fully saturated rings. The third-order valence-electron chi connectivity index (χ3n) is 13.6. The molecule has 64 heavy (non-hydrogen) atoms. The number of pyridine rings is 1. The Hall–Kier alpha value is -8.21. The molecule has 0 saturated heterocycles. The molecule has 0 unspecified atom stereocenters. The van der Waals surface area contributed by atoms with Crippen molar-refractivity contribution in [2.24, 2.45) is 0 Å². The molecule has 1 aliphatic carbocycles. The van der Waals surface area contributed by atoms with E-state index in [-0.39, 0.29) is 0 Å². The fraction of sp³-hybridized carbons (Fsp3) is 0.0500. The SMILES string of the molecule is CC1(C)c2cc(-c3ccccc3)c(-c3ccccc3)cc2-c2c(-c3ccccn3)nc(-c3cccc4c(-n5c6cc7ccccc7cc6c6cc7ccccc7cc65)cccc34)nc21. The van der Waals surface area contributed by atoms with E-state index in [4.69, 9.17) is 15.0 Å². The summed E-state index contributed by atoms with van der Waals surface area (Å²) in [5.41, 5.74) is 14.9. The van der Waals surface area contributed by atoms with E-state index in [1.54, 1.807) is 0 Å². The van der Waals surface area contributed by atoms with Crippen molar-refractivity contribution in [1.29, 1.82) is 0 Å². The summed E-state index contributed by atoms with van der Waals surface area (Å²) in [6, 6.07) is 72.3. The fourth-order valence-corrected chi connectivity index (χ4v) is 10.5. The lowest BCUT2D eigenvalue weighted by atomic mass is 9.82. The second-order valence-electron chi connectivity index (χ2n) is 17.6. The molecule has 0 bridgehead atoms. The average molecular weight is 817 g/mol. The van der Waals surface area contributed by atoms with E-state index in [9.17, 15) is 0 Å². The molecule has 3 aromatic heterocycles. The molecule has 9 aromatic carbocycles. The van der Waals surface area contributed by atoms with Crippen molar-refractivity contribution >= 4 is 54.1 Å². The second kappa shape index (κ2) is 13.9. The fourth-order valence-electron chi connectivity index (χ4n) is 10.5. The lowest BCUT2D eigenvalue weighted by Gasteiger charge is -2.23. The first-order valence-electron chi connectivity index (χ1n) is 22.0. The zero-order chi connectivity index (χ0) is 42.5. The van der Waals surface area contributed by atoms with Gasteiger partial charge >= 0.3 is 0 Å². The van der Waals surface area contributed by atoms with Crippen LogP contribution in [-0.4, -0.2) is 19.5 Å². The highest BCUT2D eigenvalue weighted by Crippen LogP contribution is 2.54. The van der Waals surface area contributed by atoms with Gasteiger partial charge in [-0.25, -0.2) is 9.97 Å². The van der Waals surface area contributed by atoms with E-state index in [1.165, 1.54) is 71.2 Å². The molecule has 12 aromatic rings. The summed E-state index contributed by atoms with van der Waals surface area (Å²) in [6.07, 6.45) is 1.86. The van der Waals surface area contributed by atoms with Crippen molar-refractivity contribution in [2.75, 3.05) is 0 Å². The van der Waals surface area contributed by atoms with Crippen LogP contribution in [0, 0.1) is 0 Å². The van der Waals surface area contributed by atoms with Crippen molar-refractivity contribution in [3.05, 3.63) is 218 Å². The maximum absolute atomic E-state index is 5.65. The van der Waals surface area contributed by atoms with Crippen LogP contribution in [0.2, 0.25) is 0 Å². The van der Waals surface area contributed by atoms with Crippen molar-refractivity contribution in [1.82, 2.24) is 19.5 Å². The van der Waals surface area contributed by atoms with Gasteiger partial charge in [-0.3, -0.25) is 4.98 Å². The van der Waals surface area contributed by atoms with Crippen molar-refractivity contribution in [2.45, 2.75) is 19.3 Å². The molecule has 0 amide bonds. The van der Waals surface area contributed by atoms with Gasteiger partial charge in [-0.2, -0.15) is 0 Å². The van der Waals surface area contributed by atoms with Crippen molar-refractivity contribution in [3.63, 3.8) is 0 Å². The minimum absolute atomic E-state index is 0.436. The van der Waals surface area contributed by atoms with E-state index < -0.39 is 5.41 Å². The van der Waals surface area contributed by atoms with Crippen LogP contribution in [0.15, 0.2) is 206 Å². The first kappa shape index (κ1) is 36.4. The highest BCUT2D eigenvalue weighted by atomic mass is 15.0. The van der Waals surface area contributed by atoms with Gasteiger partial charge in [-0.05, 0) is 115 Å². The highest BCUT2D eigenvalue weighted by molar-refractivity contribution is 6.18. The lowest BCUT2D eigenvalue weighted by Crippen LogP contribution is -2.18. The quantitative estimate of drug-likeness (QED) is 0.174. The molecule has 4 heteroatoms. The van der Waals surface area contributed by atoms with E-state index in [0.29, 0.717) is 5.82 Å². The number of benzene rings is 9. The molecule has 13 rings (SSSR count). The first-order chi connectivity index (χ1) is 31.5. The van der Waals surface area contributed by atoms with Crippen LogP contribution in [0.4, 0.5) is 0 Å². The molecule has 0 N–H and O–H groups in total. The molecule has 0 atom stereocenters. The molecule has 0 saturated carbocycles. The highest BCUT2D eigenvalue weighted by Gasteiger charge is 2.41. The molecule has 4 nitrogen and oxygen atoms in total. The maximum Gasteiger partial charge on any atom is 0.160 e. The number of fused-ring (bicyclic) bond motifs is 9. The van der Waals surface area contributed by atoms with E-state index in [2.05, 4.69) is 206 Å². The number of aromatic nitrogens is 4. The Morgan fingerprint density at radius 3 is 1.61 bits per heavy atom. The molecule has 0 aliphatic heterocycles. The zero-order valence-corrected chi connectivity index (χ0v) is 35.4. The maximum atomic E-state index is 5.65. The monoisotopic (exact) mass is 816 g/mol. The van der Waals surface area contributed by atoms with Crippen LogP contribution in [0.5, 0.6) is 0 Å². The number of nitrogens with zero attached hydrogens (tertiary/aromatic N) is 4. The van der Waals surface area contributed by atoms with E-state index >= 15 is 0 Å². The standard InChI is InChI=1S/C60H40N4/c1-60(2)51-36-47(38-19-7-4-8-20-38)46(37-17-5-3-6-18-37)35-50(51)56-57(52-28-13-14-30-61-52)62-59(63-58(56)60)45-27-15-26-44-43(45)25-16-29-53(44)64-54-33-41-23-11-9-21-39(41)31-48(54)49-32-40-22-10-12-24-42(40)34-55(49)64/h3-36H,1-2H3. The van der Waals surface area contributed by atoms with Crippen LogP contribution in [-0.2, 0) is 5.41 Å². The van der Waals surface area contributed by atoms with Gasteiger partial charge in [0.05, 0.1) is 28.1 Å². The Balaban J connectivity index is 1.06. The Labute approximate surface area is 370 Å². The average Bonchev–Trinajstić information content (AvgIpc) is 3.77. The number of rotatable bonds is 5. The summed E-state index contributed by atoms with van der Waals surface area (Å²) in [5, 5.41) is 9.60. The minimum atomic E-state index is -0.436. The molecular weight excluding hydrogens is 777 g/mol. The topological polar surface area (TPSA) is 43.6 Å². The normalized spacial score (nSPS) is 13.0. The number of hydrogen-bond acceptors (Lipinski definition) is 3. The van der Waals surface area contributed by atoms with E-state index in [0.717, 1.165) is 50.2 Å². The zero-order valence-electron chi connectivity index (χ0n) is 35.4. The Kier molecular flexibility index (Phi) is 7.92. The van der Waals surface area contributed by atoms with Crippen LogP contribution >= 0.6 is 0 Å². The smallest absolute Gasteiger partial charge is 0.160 e. The predicted octanol–water partition coefficient (Wildman–Crippen LogP) is 15.4. The molecule has 0 spiro atoms. The summed E-state index contributed by atoms with van der Waals surface area (Å²) in [6.45, 7) is 4.62. The van der Waals surface area contributed by atoms with Crippen LogP contribution < -0.4 is 0 Å². The molecule has 1 aliphatic rings. The predicted molar refractivity (Wildman–Crippen MR) is 266 cm³/mol. The van der Waals surface area contributed by atoms with Crippen LogP contribution in [0.1, 0.15) is 25.1 Å². The first-order valence-corrected chi connectivity index (χ1v) is 22.0. The molecular formula is C60H40N4. The minimum Gasteiger partial charge on any atom is -0.309 e. The van der Waals surface area contributed by atoms with Crippen molar-refractivity contribution < 1.29 is 0 Å². The molecule has 0 radical (unpaired) electrons. The van der Waals surface area contributed by atoms with Gasteiger partial charge in [0.1, 0.15) is 5.69 Å². The van der Waals surface area contributed by atoms with Gasteiger partial charge in [0, 0.05) is 38.9 Å². The third kappa shape index (κ3) is 5.45.